The summed E-state index contributed by atoms with van der Waals surface area (Å²) in [5.41, 5.74) is 1.31. The molecule has 0 bridgehead atoms. The Bertz CT molecular complexity index is 517. The Morgan fingerprint density at radius 3 is 2.85 bits per heavy atom. The van der Waals surface area contributed by atoms with Crippen molar-refractivity contribution in [3.8, 4) is 10.4 Å². The molecule has 0 amide bonds. The van der Waals surface area contributed by atoms with Crippen molar-refractivity contribution in [2.24, 2.45) is 5.92 Å². The molecule has 0 aliphatic carbocycles. The van der Waals surface area contributed by atoms with E-state index in [0.29, 0.717) is 5.92 Å². The minimum absolute atomic E-state index is 0.692. The van der Waals surface area contributed by atoms with Crippen molar-refractivity contribution in [3.63, 3.8) is 0 Å². The van der Waals surface area contributed by atoms with Crippen LogP contribution in [0.2, 0.25) is 0 Å². The Kier molecular flexibility index (Phi) is 4.85. The van der Waals surface area contributed by atoms with E-state index in [4.69, 9.17) is 4.74 Å². The maximum absolute atomic E-state index is 5.51. The topological polar surface area (TPSA) is 21.3 Å². The van der Waals surface area contributed by atoms with Gasteiger partial charge in [0.2, 0.25) is 0 Å². The van der Waals surface area contributed by atoms with Gasteiger partial charge in [-0.3, -0.25) is 0 Å². The summed E-state index contributed by atoms with van der Waals surface area (Å²) in [6.45, 7) is 3.90. The molecule has 0 radical (unpaired) electrons. The van der Waals surface area contributed by atoms with Crippen molar-refractivity contribution < 1.29 is 4.74 Å². The van der Waals surface area contributed by atoms with Crippen molar-refractivity contribution in [1.82, 2.24) is 5.32 Å². The highest BCUT2D eigenvalue weighted by Crippen LogP contribution is 2.27. The van der Waals surface area contributed by atoms with Crippen LogP contribution in [0.5, 0.6) is 0 Å². The van der Waals surface area contributed by atoms with Crippen LogP contribution in [0.4, 0.5) is 0 Å². The highest BCUT2D eigenvalue weighted by molar-refractivity contribution is 7.15. The molecule has 2 aromatic rings. The molecule has 106 valence electrons. The van der Waals surface area contributed by atoms with E-state index >= 15 is 0 Å². The molecule has 3 heteroatoms. The van der Waals surface area contributed by atoms with Crippen LogP contribution >= 0.6 is 11.3 Å². The average molecular weight is 287 g/mol. The molecular weight excluding hydrogens is 266 g/mol. The Hall–Kier alpha value is -1.16. The number of ether oxygens (including phenoxy) is 1. The van der Waals surface area contributed by atoms with Crippen LogP contribution in [0.1, 0.15) is 17.7 Å². The maximum Gasteiger partial charge on any atom is 0.0506 e. The molecule has 1 unspecified atom stereocenters. The molecule has 1 N–H and O–H groups in total. The normalized spacial score (nSPS) is 19.1. The minimum Gasteiger partial charge on any atom is -0.381 e. The van der Waals surface area contributed by atoms with Crippen molar-refractivity contribution in [3.05, 3.63) is 47.3 Å². The molecule has 2 heterocycles. The van der Waals surface area contributed by atoms with Gasteiger partial charge in [0.1, 0.15) is 0 Å². The second-order valence-corrected chi connectivity index (χ2v) is 6.51. The molecule has 1 saturated heterocycles. The van der Waals surface area contributed by atoms with E-state index in [-0.39, 0.29) is 0 Å². The van der Waals surface area contributed by atoms with E-state index in [1.54, 1.807) is 0 Å². The molecule has 20 heavy (non-hydrogen) atoms. The van der Waals surface area contributed by atoms with Gasteiger partial charge < -0.3 is 10.1 Å². The first-order valence-corrected chi connectivity index (χ1v) is 8.16. The second-order valence-electron chi connectivity index (χ2n) is 5.35. The van der Waals surface area contributed by atoms with Crippen molar-refractivity contribution in [2.75, 3.05) is 19.8 Å². The lowest BCUT2D eigenvalue weighted by molar-refractivity contribution is 0.0548. The lowest BCUT2D eigenvalue weighted by Gasteiger charge is -2.22. The molecular formula is C17H21NOS. The van der Waals surface area contributed by atoms with Gasteiger partial charge in [-0.15, -0.1) is 11.3 Å². The summed E-state index contributed by atoms with van der Waals surface area (Å²) in [6.07, 6.45) is 2.51. The Morgan fingerprint density at radius 2 is 2.05 bits per heavy atom. The fourth-order valence-electron chi connectivity index (χ4n) is 2.60. The summed E-state index contributed by atoms with van der Waals surface area (Å²) in [4.78, 5) is 2.75. The minimum atomic E-state index is 0.692. The fourth-order valence-corrected chi connectivity index (χ4v) is 3.58. The first kappa shape index (κ1) is 13.8. The number of hydrogen-bond acceptors (Lipinski definition) is 3. The van der Waals surface area contributed by atoms with Crippen molar-refractivity contribution >= 4 is 11.3 Å². The molecule has 3 rings (SSSR count). The lowest BCUT2D eigenvalue weighted by atomic mass is 10.0. The average Bonchev–Trinajstić information content (AvgIpc) is 2.98. The second kappa shape index (κ2) is 7.02. The van der Waals surface area contributed by atoms with Gasteiger partial charge in [0, 0.05) is 29.5 Å². The first-order valence-electron chi connectivity index (χ1n) is 7.34. The number of benzene rings is 1. The largest absolute Gasteiger partial charge is 0.381 e. The molecule has 1 aliphatic rings. The smallest absolute Gasteiger partial charge is 0.0506 e. The summed E-state index contributed by atoms with van der Waals surface area (Å²) in [6, 6.07) is 15.0. The van der Waals surface area contributed by atoms with Crippen LogP contribution < -0.4 is 5.32 Å². The number of hydrogen-bond donors (Lipinski definition) is 1. The molecule has 2 nitrogen and oxygen atoms in total. The van der Waals surface area contributed by atoms with Gasteiger partial charge in [0.15, 0.2) is 0 Å². The SMILES string of the molecule is c1ccc(-c2ccc(CNCC3CCCOC3)s2)cc1. The zero-order valence-electron chi connectivity index (χ0n) is 11.7. The standard InChI is InChI=1S/C17H21NOS/c1-2-6-15(7-3-1)17-9-8-16(20-17)12-18-11-14-5-4-10-19-13-14/h1-3,6-9,14,18H,4-5,10-13H2. The van der Waals surface area contributed by atoms with Crippen LogP contribution in [0.3, 0.4) is 0 Å². The zero-order chi connectivity index (χ0) is 13.6. The van der Waals surface area contributed by atoms with Crippen LogP contribution in [-0.4, -0.2) is 19.8 Å². The van der Waals surface area contributed by atoms with Crippen LogP contribution in [0.15, 0.2) is 42.5 Å². The zero-order valence-corrected chi connectivity index (χ0v) is 12.5. The van der Waals surface area contributed by atoms with Crippen LogP contribution in [0.25, 0.3) is 10.4 Å². The van der Waals surface area contributed by atoms with E-state index in [9.17, 15) is 0 Å². The first-order chi connectivity index (χ1) is 9.92. The third-order valence-electron chi connectivity index (χ3n) is 3.71. The van der Waals surface area contributed by atoms with Crippen LogP contribution in [0, 0.1) is 5.92 Å². The van der Waals surface area contributed by atoms with Gasteiger partial charge >= 0.3 is 0 Å². The van der Waals surface area contributed by atoms with E-state index in [0.717, 1.165) is 26.3 Å². The molecule has 1 fully saturated rings. The molecule has 1 aliphatic heterocycles. The molecule has 0 saturated carbocycles. The van der Waals surface area contributed by atoms with Gasteiger partial charge in [0.05, 0.1) is 6.61 Å². The Balaban J connectivity index is 1.50. The predicted molar refractivity (Wildman–Crippen MR) is 85.0 cm³/mol. The van der Waals surface area contributed by atoms with E-state index in [1.807, 2.05) is 11.3 Å². The van der Waals surface area contributed by atoms with Gasteiger partial charge in [-0.05, 0) is 36.5 Å². The highest BCUT2D eigenvalue weighted by atomic mass is 32.1. The summed E-state index contributed by atoms with van der Waals surface area (Å²) in [5.74, 6) is 0.692. The van der Waals surface area contributed by atoms with E-state index < -0.39 is 0 Å². The van der Waals surface area contributed by atoms with Crippen LogP contribution in [-0.2, 0) is 11.3 Å². The summed E-state index contributed by atoms with van der Waals surface area (Å²) < 4.78 is 5.51. The summed E-state index contributed by atoms with van der Waals surface area (Å²) >= 11 is 1.88. The monoisotopic (exact) mass is 287 g/mol. The molecule has 0 spiro atoms. The third-order valence-corrected chi connectivity index (χ3v) is 4.84. The van der Waals surface area contributed by atoms with E-state index in [2.05, 4.69) is 47.8 Å². The van der Waals surface area contributed by atoms with Gasteiger partial charge in [-0.2, -0.15) is 0 Å². The Morgan fingerprint density at radius 1 is 1.15 bits per heavy atom. The van der Waals surface area contributed by atoms with E-state index in [1.165, 1.54) is 28.2 Å². The summed E-state index contributed by atoms with van der Waals surface area (Å²) in [7, 11) is 0. The lowest BCUT2D eigenvalue weighted by Crippen LogP contribution is -2.28. The Labute approximate surface area is 124 Å². The molecule has 1 aromatic carbocycles. The van der Waals surface area contributed by atoms with Gasteiger partial charge in [0.25, 0.3) is 0 Å². The quantitative estimate of drug-likeness (QED) is 0.899. The third kappa shape index (κ3) is 3.69. The number of thiophene rings is 1. The van der Waals surface area contributed by atoms with Gasteiger partial charge in [-0.25, -0.2) is 0 Å². The molecule has 1 atom stereocenters. The van der Waals surface area contributed by atoms with Crippen molar-refractivity contribution in [2.45, 2.75) is 19.4 Å². The van der Waals surface area contributed by atoms with Crippen molar-refractivity contribution in [1.29, 1.82) is 0 Å². The summed E-state index contributed by atoms with van der Waals surface area (Å²) in [5, 5.41) is 3.57. The fraction of sp³-hybridized carbons (Fsp3) is 0.412. The van der Waals surface area contributed by atoms with Gasteiger partial charge in [-0.1, -0.05) is 30.3 Å². The number of nitrogens with one attached hydrogen (secondary N) is 1. The predicted octanol–water partition coefficient (Wildman–Crippen LogP) is 3.93. The maximum atomic E-state index is 5.51. The number of rotatable bonds is 5. The molecule has 1 aromatic heterocycles. The highest BCUT2D eigenvalue weighted by Gasteiger charge is 2.13.